The molecular weight excluding hydrogens is 643 g/mol. The van der Waals surface area contributed by atoms with Crippen molar-refractivity contribution in [3.8, 4) is 11.8 Å². The van der Waals surface area contributed by atoms with Crippen molar-refractivity contribution >= 4 is 40.8 Å². The predicted octanol–water partition coefficient (Wildman–Crippen LogP) is 7.03. The maximum Gasteiger partial charge on any atom is 0.410 e. The number of nitriles is 1. The molecule has 48 heavy (non-hydrogen) atoms. The second-order valence-electron chi connectivity index (χ2n) is 15.7. The number of rotatable bonds is 6. The molecule has 2 aliphatic rings. The largest absolute Gasteiger partial charge is 0.543 e. The van der Waals surface area contributed by atoms with Crippen molar-refractivity contribution < 1.29 is 22.4 Å². The average molecular weight is 692 g/mol. The van der Waals surface area contributed by atoms with E-state index >= 15 is 0 Å². The topological polar surface area (TPSA) is 126 Å². The Balaban J connectivity index is 1.52. The van der Waals surface area contributed by atoms with E-state index in [4.69, 9.17) is 9.16 Å². The smallest absolute Gasteiger partial charge is 0.410 e. The van der Waals surface area contributed by atoms with Crippen molar-refractivity contribution in [2.75, 3.05) is 30.8 Å². The Morgan fingerprint density at radius 2 is 1.79 bits per heavy atom. The van der Waals surface area contributed by atoms with Gasteiger partial charge in [0.25, 0.3) is 0 Å². The van der Waals surface area contributed by atoms with Crippen molar-refractivity contribution in [3.63, 3.8) is 0 Å². The standard InChI is InChI=1S/C36H49N5O5SSi/c1-35(2,3)45-34(42)41-19-18-40(23-26(41)16-17-37)32-29-15-14-25(21-31(29)38-33(39-32)47(7,43)44)30-22-27(46-48(8,9)36(4,5)6)20-24-12-10-11-13-28(24)30/h10-13,20,22,25-26H,14-16,18-19,21,23H2,1-9H3. The number of amides is 1. The van der Waals surface area contributed by atoms with Gasteiger partial charge in [-0.25, -0.2) is 23.2 Å². The molecule has 0 spiro atoms. The van der Waals surface area contributed by atoms with Crippen molar-refractivity contribution in [2.45, 2.75) is 108 Å². The molecule has 1 amide bonds. The molecule has 0 saturated carbocycles. The predicted molar refractivity (Wildman–Crippen MR) is 191 cm³/mol. The van der Waals surface area contributed by atoms with Gasteiger partial charge in [0.15, 0.2) is 0 Å². The van der Waals surface area contributed by atoms with Gasteiger partial charge in [0.2, 0.25) is 23.3 Å². The Labute approximate surface area is 286 Å². The van der Waals surface area contributed by atoms with Crippen LogP contribution in [-0.2, 0) is 27.4 Å². The molecule has 2 aromatic carbocycles. The lowest BCUT2D eigenvalue weighted by molar-refractivity contribution is 0.0144. The van der Waals surface area contributed by atoms with Crippen LogP contribution in [0.2, 0.25) is 18.1 Å². The molecule has 1 aliphatic heterocycles. The summed E-state index contributed by atoms with van der Waals surface area (Å²) in [5.41, 5.74) is 2.16. The number of sulfone groups is 1. The Bertz CT molecular complexity index is 1860. The van der Waals surface area contributed by atoms with E-state index in [1.54, 1.807) is 4.90 Å². The van der Waals surface area contributed by atoms with Gasteiger partial charge in [-0.15, -0.1) is 0 Å². The first-order valence-corrected chi connectivity index (χ1v) is 21.5. The van der Waals surface area contributed by atoms with Crippen molar-refractivity contribution in [3.05, 3.63) is 53.2 Å². The molecule has 1 aliphatic carbocycles. The van der Waals surface area contributed by atoms with Gasteiger partial charge in [-0.05, 0) is 92.6 Å². The Morgan fingerprint density at radius 1 is 1.08 bits per heavy atom. The molecule has 2 heterocycles. The molecule has 1 fully saturated rings. The molecule has 5 rings (SSSR count). The van der Waals surface area contributed by atoms with Crippen molar-refractivity contribution in [1.29, 1.82) is 5.26 Å². The van der Waals surface area contributed by atoms with Crippen LogP contribution in [0, 0.1) is 11.3 Å². The summed E-state index contributed by atoms with van der Waals surface area (Å²) in [6.07, 6.45) is 2.83. The molecule has 0 radical (unpaired) electrons. The zero-order valence-electron chi connectivity index (χ0n) is 29.8. The number of aromatic nitrogens is 2. The van der Waals surface area contributed by atoms with E-state index in [1.165, 1.54) is 5.56 Å². The molecule has 1 aromatic heterocycles. The number of carbonyl (C=O) groups excluding carboxylic acids is 1. The van der Waals surface area contributed by atoms with E-state index in [0.717, 1.165) is 40.5 Å². The summed E-state index contributed by atoms with van der Waals surface area (Å²) in [4.78, 5) is 25.9. The van der Waals surface area contributed by atoms with E-state index < -0.39 is 35.9 Å². The first kappa shape index (κ1) is 35.6. The van der Waals surface area contributed by atoms with Gasteiger partial charge in [0, 0.05) is 31.5 Å². The van der Waals surface area contributed by atoms with Crippen LogP contribution in [0.4, 0.5) is 10.6 Å². The molecule has 12 heteroatoms. The van der Waals surface area contributed by atoms with Crippen molar-refractivity contribution in [1.82, 2.24) is 14.9 Å². The fourth-order valence-corrected chi connectivity index (χ4v) is 7.85. The van der Waals surface area contributed by atoms with Crippen LogP contribution < -0.4 is 9.33 Å². The fraction of sp³-hybridized carbons (Fsp3) is 0.556. The number of benzene rings is 2. The summed E-state index contributed by atoms with van der Waals surface area (Å²) in [5, 5.41) is 11.7. The van der Waals surface area contributed by atoms with Gasteiger partial charge in [-0.1, -0.05) is 45.0 Å². The summed E-state index contributed by atoms with van der Waals surface area (Å²) < 4.78 is 38.2. The summed E-state index contributed by atoms with van der Waals surface area (Å²) >= 11 is 0. The zero-order valence-corrected chi connectivity index (χ0v) is 31.6. The van der Waals surface area contributed by atoms with Gasteiger partial charge in [-0.2, -0.15) is 5.26 Å². The highest BCUT2D eigenvalue weighted by Crippen LogP contribution is 2.43. The Hall–Kier alpha value is -3.69. The lowest BCUT2D eigenvalue weighted by atomic mass is 9.80. The molecule has 2 unspecified atom stereocenters. The highest BCUT2D eigenvalue weighted by molar-refractivity contribution is 7.90. The summed E-state index contributed by atoms with van der Waals surface area (Å²) in [5.74, 6) is 1.54. The zero-order chi connectivity index (χ0) is 35.2. The normalized spacial score (nSPS) is 19.1. The van der Waals surface area contributed by atoms with Crippen LogP contribution in [0.1, 0.15) is 77.1 Å². The van der Waals surface area contributed by atoms with Crippen LogP contribution in [0.5, 0.6) is 5.75 Å². The van der Waals surface area contributed by atoms with Crippen LogP contribution in [0.25, 0.3) is 10.8 Å². The summed E-state index contributed by atoms with van der Waals surface area (Å²) in [6, 6.07) is 14.4. The molecule has 258 valence electrons. The SMILES string of the molecule is CC(C)(C)OC(=O)N1CCN(c2nc(S(C)(=O)=O)nc3c2CCC(c2cc(O[Si](C)(C)C(C)(C)C)cc4ccccc24)C3)CC1CC#N. The minimum Gasteiger partial charge on any atom is -0.543 e. The third-order valence-electron chi connectivity index (χ3n) is 9.79. The number of fused-ring (bicyclic) bond motifs is 2. The molecule has 10 nitrogen and oxygen atoms in total. The van der Waals surface area contributed by atoms with Crippen molar-refractivity contribution in [2.24, 2.45) is 0 Å². The van der Waals surface area contributed by atoms with Crippen LogP contribution >= 0.6 is 0 Å². The number of carbonyl (C=O) groups is 1. The number of hydrogen-bond donors (Lipinski definition) is 0. The molecule has 2 atom stereocenters. The van der Waals surface area contributed by atoms with Gasteiger partial charge in [-0.3, -0.25) is 0 Å². The second kappa shape index (κ2) is 13.0. The van der Waals surface area contributed by atoms with E-state index in [0.29, 0.717) is 38.3 Å². The van der Waals surface area contributed by atoms with Crippen LogP contribution in [-0.4, -0.2) is 75.2 Å². The Morgan fingerprint density at radius 3 is 2.44 bits per heavy atom. The highest BCUT2D eigenvalue weighted by Gasteiger charge is 2.40. The quantitative estimate of drug-likeness (QED) is 0.198. The van der Waals surface area contributed by atoms with E-state index in [1.807, 2.05) is 37.8 Å². The minimum absolute atomic E-state index is 0.0442. The monoisotopic (exact) mass is 691 g/mol. The van der Waals surface area contributed by atoms with Gasteiger partial charge >= 0.3 is 6.09 Å². The minimum atomic E-state index is -3.72. The van der Waals surface area contributed by atoms with E-state index in [-0.39, 0.29) is 22.5 Å². The average Bonchev–Trinajstić information content (AvgIpc) is 2.98. The second-order valence-corrected chi connectivity index (χ2v) is 22.3. The van der Waals surface area contributed by atoms with Crippen LogP contribution in [0.15, 0.2) is 41.6 Å². The van der Waals surface area contributed by atoms with E-state index in [2.05, 4.69) is 74.2 Å². The molecular formula is C36H49N5O5SSi. The maximum absolute atomic E-state index is 13.0. The van der Waals surface area contributed by atoms with Gasteiger partial charge in [0.05, 0.1) is 24.2 Å². The third kappa shape index (κ3) is 7.62. The maximum atomic E-state index is 13.0. The summed E-state index contributed by atoms with van der Waals surface area (Å²) in [6.45, 7) is 17.7. The number of hydrogen-bond acceptors (Lipinski definition) is 9. The highest BCUT2D eigenvalue weighted by atomic mass is 32.2. The molecule has 0 bridgehead atoms. The molecule has 0 N–H and O–H groups in total. The fourth-order valence-electron chi connectivity index (χ4n) is 6.31. The number of nitrogens with zero attached hydrogens (tertiary/aromatic N) is 5. The molecule has 3 aromatic rings. The summed E-state index contributed by atoms with van der Waals surface area (Å²) in [7, 11) is -5.82. The van der Waals surface area contributed by atoms with Crippen LogP contribution in [0.3, 0.4) is 0 Å². The third-order valence-corrected chi connectivity index (χ3v) is 15.0. The van der Waals surface area contributed by atoms with E-state index in [9.17, 15) is 18.5 Å². The lowest BCUT2D eigenvalue weighted by Gasteiger charge is -2.42. The molecule has 1 saturated heterocycles. The number of ether oxygens (including phenoxy) is 1. The first-order chi connectivity index (χ1) is 22.3. The Kier molecular flexibility index (Phi) is 9.62. The first-order valence-electron chi connectivity index (χ1n) is 16.7. The number of anilines is 1. The lowest BCUT2D eigenvalue weighted by Crippen LogP contribution is -2.56. The number of piperazine rings is 1. The van der Waals surface area contributed by atoms with Gasteiger partial charge < -0.3 is 19.0 Å². The van der Waals surface area contributed by atoms with Gasteiger partial charge in [0.1, 0.15) is 17.2 Å².